The maximum absolute atomic E-state index is 12.7. The Morgan fingerprint density at radius 2 is 1.97 bits per heavy atom. The van der Waals surface area contributed by atoms with Crippen LogP contribution in [0.1, 0.15) is 51.5 Å². The molecule has 11 heteroatoms. The summed E-state index contributed by atoms with van der Waals surface area (Å²) >= 11 is 0. The van der Waals surface area contributed by atoms with Crippen molar-refractivity contribution in [2.45, 2.75) is 33.2 Å². The number of esters is 1. The summed E-state index contributed by atoms with van der Waals surface area (Å²) in [6.45, 7) is 4.88. The number of sulfone groups is 1. The van der Waals surface area contributed by atoms with Crippen LogP contribution in [0.5, 0.6) is 5.75 Å². The minimum absolute atomic E-state index is 0.0303. The molecule has 3 rings (SSSR count). The van der Waals surface area contributed by atoms with Crippen molar-refractivity contribution in [3.63, 3.8) is 0 Å². The fraction of sp³-hybridized carbons (Fsp3) is 0.429. The number of rotatable bonds is 8. The number of ether oxygens (including phenoxy) is 2. The summed E-state index contributed by atoms with van der Waals surface area (Å²) in [5.74, 6) is -1.14. The van der Waals surface area contributed by atoms with Crippen molar-refractivity contribution in [1.29, 1.82) is 0 Å². The van der Waals surface area contributed by atoms with Crippen LogP contribution in [0.2, 0.25) is 0 Å². The van der Waals surface area contributed by atoms with E-state index in [0.29, 0.717) is 17.7 Å². The first-order valence-electron chi connectivity index (χ1n) is 10.0. The monoisotopic (exact) mass is 464 g/mol. The van der Waals surface area contributed by atoms with Gasteiger partial charge in [0, 0.05) is 29.1 Å². The van der Waals surface area contributed by atoms with Crippen LogP contribution in [0.3, 0.4) is 0 Å². The van der Waals surface area contributed by atoms with Gasteiger partial charge in [0.2, 0.25) is 5.78 Å². The number of aromatic nitrogens is 1. The predicted octanol–water partition coefficient (Wildman–Crippen LogP) is 2.81. The summed E-state index contributed by atoms with van der Waals surface area (Å²) in [7, 11) is -3.09. The number of nitro groups is 1. The molecule has 1 aliphatic rings. The van der Waals surface area contributed by atoms with E-state index in [4.69, 9.17) is 9.47 Å². The lowest BCUT2D eigenvalue weighted by atomic mass is 10.1. The van der Waals surface area contributed by atoms with Crippen molar-refractivity contribution in [3.05, 3.63) is 56.9 Å². The average molecular weight is 464 g/mol. The van der Waals surface area contributed by atoms with E-state index in [0.717, 1.165) is 11.8 Å². The number of nitrogens with zero attached hydrogens (tertiary/aromatic N) is 2. The molecule has 32 heavy (non-hydrogen) atoms. The first-order chi connectivity index (χ1) is 15.0. The van der Waals surface area contributed by atoms with Gasteiger partial charge < -0.3 is 14.0 Å². The van der Waals surface area contributed by atoms with Crippen LogP contribution in [0.25, 0.3) is 0 Å². The fourth-order valence-electron chi connectivity index (χ4n) is 3.96. The van der Waals surface area contributed by atoms with Gasteiger partial charge in [0.05, 0.1) is 28.6 Å². The molecule has 1 aromatic heterocycles. The van der Waals surface area contributed by atoms with Gasteiger partial charge in [-0.05, 0) is 45.4 Å². The molecule has 1 fully saturated rings. The summed E-state index contributed by atoms with van der Waals surface area (Å²) < 4.78 is 35.8. The van der Waals surface area contributed by atoms with Gasteiger partial charge in [-0.3, -0.25) is 14.9 Å². The lowest BCUT2D eigenvalue weighted by molar-refractivity contribution is -0.385. The number of ketones is 1. The lowest BCUT2D eigenvalue weighted by Crippen LogP contribution is -2.17. The van der Waals surface area contributed by atoms with Gasteiger partial charge in [-0.25, -0.2) is 13.2 Å². The van der Waals surface area contributed by atoms with E-state index in [1.54, 1.807) is 26.8 Å². The normalized spacial score (nSPS) is 17.2. The predicted molar refractivity (Wildman–Crippen MR) is 115 cm³/mol. The maximum atomic E-state index is 12.7. The Bertz CT molecular complexity index is 1180. The van der Waals surface area contributed by atoms with Gasteiger partial charge in [0.15, 0.2) is 22.2 Å². The number of aryl methyl sites for hydroxylation is 1. The van der Waals surface area contributed by atoms with Gasteiger partial charge in [-0.2, -0.15) is 0 Å². The van der Waals surface area contributed by atoms with Gasteiger partial charge in [0.25, 0.3) is 0 Å². The van der Waals surface area contributed by atoms with Gasteiger partial charge in [-0.1, -0.05) is 0 Å². The third kappa shape index (κ3) is 4.82. The van der Waals surface area contributed by atoms with Gasteiger partial charge in [0.1, 0.15) is 0 Å². The Morgan fingerprint density at radius 3 is 2.56 bits per heavy atom. The lowest BCUT2D eigenvalue weighted by Gasteiger charge is -2.16. The van der Waals surface area contributed by atoms with Crippen LogP contribution in [0, 0.1) is 24.0 Å². The largest absolute Gasteiger partial charge is 0.487 e. The molecule has 0 aliphatic carbocycles. The second kappa shape index (κ2) is 9.11. The number of carbonyl (C=O) groups excluding carboxylic acids is 2. The molecule has 0 amide bonds. The van der Waals surface area contributed by atoms with Gasteiger partial charge >= 0.3 is 11.7 Å². The number of hydrogen-bond donors (Lipinski definition) is 0. The summed E-state index contributed by atoms with van der Waals surface area (Å²) in [6, 6.07) is 5.11. The van der Waals surface area contributed by atoms with Crippen molar-refractivity contribution < 1.29 is 32.4 Å². The Hall–Kier alpha value is -3.21. The molecule has 1 aliphatic heterocycles. The van der Waals surface area contributed by atoms with E-state index in [-0.39, 0.29) is 41.2 Å². The SMILES string of the molecule is CCOc1ccc(C(=O)OCC(=O)c2cc(C)n(C3CCS(=O)(=O)C3)c2C)cc1[N+](=O)[O-]. The number of nitro benzene ring substituents is 1. The molecule has 1 aromatic carbocycles. The molecule has 0 radical (unpaired) electrons. The molecular formula is C21H24N2O8S. The van der Waals surface area contributed by atoms with Crippen molar-refractivity contribution >= 4 is 27.3 Å². The zero-order valence-electron chi connectivity index (χ0n) is 18.0. The average Bonchev–Trinajstić information content (AvgIpc) is 3.23. The summed E-state index contributed by atoms with van der Waals surface area (Å²) in [4.78, 5) is 35.6. The van der Waals surface area contributed by atoms with E-state index < -0.39 is 33.1 Å². The highest BCUT2D eigenvalue weighted by atomic mass is 32.2. The summed E-state index contributed by atoms with van der Waals surface area (Å²) in [5.41, 5.74) is 1.26. The third-order valence-corrected chi connectivity index (χ3v) is 7.13. The topological polar surface area (TPSA) is 135 Å². The first-order valence-corrected chi connectivity index (χ1v) is 11.9. The number of carbonyl (C=O) groups is 2. The molecular weight excluding hydrogens is 440 g/mol. The Balaban J connectivity index is 1.72. The second-order valence-electron chi connectivity index (χ2n) is 7.58. The van der Waals surface area contributed by atoms with E-state index in [9.17, 15) is 28.1 Å². The molecule has 10 nitrogen and oxygen atoms in total. The zero-order chi connectivity index (χ0) is 23.6. The summed E-state index contributed by atoms with van der Waals surface area (Å²) in [6.07, 6.45) is 0.484. The van der Waals surface area contributed by atoms with Crippen molar-refractivity contribution in [3.8, 4) is 5.75 Å². The molecule has 2 aromatic rings. The fourth-order valence-corrected chi connectivity index (χ4v) is 5.66. The highest BCUT2D eigenvalue weighted by Crippen LogP contribution is 2.30. The van der Waals surface area contributed by atoms with Crippen LogP contribution in [0.15, 0.2) is 24.3 Å². The molecule has 1 atom stereocenters. The van der Waals surface area contributed by atoms with Crippen molar-refractivity contribution in [2.75, 3.05) is 24.7 Å². The van der Waals surface area contributed by atoms with Crippen LogP contribution in [0.4, 0.5) is 5.69 Å². The van der Waals surface area contributed by atoms with Crippen LogP contribution >= 0.6 is 0 Å². The smallest absolute Gasteiger partial charge is 0.338 e. The number of hydrogen-bond acceptors (Lipinski definition) is 8. The Kier molecular flexibility index (Phi) is 6.68. The molecule has 0 spiro atoms. The molecule has 0 N–H and O–H groups in total. The number of Topliss-reactive ketones (excluding diaryl/α,β-unsaturated/α-hetero) is 1. The molecule has 172 valence electrons. The van der Waals surface area contributed by atoms with Gasteiger partial charge in [-0.15, -0.1) is 0 Å². The zero-order valence-corrected chi connectivity index (χ0v) is 18.8. The highest BCUT2D eigenvalue weighted by molar-refractivity contribution is 7.91. The van der Waals surface area contributed by atoms with Crippen molar-refractivity contribution in [1.82, 2.24) is 4.57 Å². The standard InChI is InChI=1S/C21H24N2O8S/c1-4-30-20-6-5-15(10-18(20)23(26)27)21(25)31-11-19(24)17-9-13(2)22(14(17)3)16-7-8-32(28,29)12-16/h5-6,9-10,16H,4,7-8,11-12H2,1-3H3. The van der Waals surface area contributed by atoms with Crippen LogP contribution < -0.4 is 4.74 Å². The van der Waals surface area contributed by atoms with E-state index >= 15 is 0 Å². The van der Waals surface area contributed by atoms with E-state index in [1.807, 2.05) is 4.57 Å². The molecule has 1 saturated heterocycles. The Labute approximate surface area is 185 Å². The van der Waals surface area contributed by atoms with E-state index in [2.05, 4.69) is 0 Å². The second-order valence-corrected chi connectivity index (χ2v) is 9.81. The van der Waals surface area contributed by atoms with E-state index in [1.165, 1.54) is 12.1 Å². The van der Waals surface area contributed by atoms with Crippen molar-refractivity contribution in [2.24, 2.45) is 0 Å². The molecule has 2 heterocycles. The number of benzene rings is 1. The highest BCUT2D eigenvalue weighted by Gasteiger charge is 2.32. The minimum atomic E-state index is -3.09. The molecule has 1 unspecified atom stereocenters. The molecule has 0 saturated carbocycles. The Morgan fingerprint density at radius 1 is 1.25 bits per heavy atom. The quantitative estimate of drug-likeness (QED) is 0.252. The third-order valence-electron chi connectivity index (χ3n) is 5.38. The summed E-state index contributed by atoms with van der Waals surface area (Å²) in [5, 5.41) is 11.2. The minimum Gasteiger partial charge on any atom is -0.487 e. The molecule has 0 bridgehead atoms. The van der Waals surface area contributed by atoms with Crippen LogP contribution in [-0.4, -0.2) is 54.4 Å². The maximum Gasteiger partial charge on any atom is 0.338 e. The van der Waals surface area contributed by atoms with Crippen LogP contribution in [-0.2, 0) is 14.6 Å². The first kappa shape index (κ1) is 23.5.